The molecular formula is C27H33F6N3O. The van der Waals surface area contributed by atoms with Gasteiger partial charge in [0.1, 0.15) is 0 Å². The highest BCUT2D eigenvalue weighted by molar-refractivity contribution is 5.32. The van der Waals surface area contributed by atoms with Gasteiger partial charge in [-0.1, -0.05) is 32.0 Å². The van der Waals surface area contributed by atoms with E-state index >= 15 is 0 Å². The van der Waals surface area contributed by atoms with Crippen molar-refractivity contribution in [3.63, 3.8) is 0 Å². The van der Waals surface area contributed by atoms with Crippen molar-refractivity contribution in [1.29, 1.82) is 5.26 Å². The van der Waals surface area contributed by atoms with Gasteiger partial charge in [0.15, 0.2) is 0 Å². The number of benzene rings is 1. The summed E-state index contributed by atoms with van der Waals surface area (Å²) in [5, 5.41) is 8.96. The molecule has 1 aromatic carbocycles. The number of hydrogen-bond donors (Lipinski definition) is 0. The van der Waals surface area contributed by atoms with Gasteiger partial charge in [-0.15, -0.1) is 0 Å². The maximum absolute atomic E-state index is 14.5. The number of nitriles is 1. The van der Waals surface area contributed by atoms with Gasteiger partial charge in [0.05, 0.1) is 11.6 Å². The number of hydrogen-bond acceptors (Lipinski definition) is 4. The number of aryl methyl sites for hydroxylation is 2. The Morgan fingerprint density at radius 3 is 2.08 bits per heavy atom. The Kier molecular flexibility index (Phi) is 10.1. The highest BCUT2D eigenvalue weighted by Gasteiger charge is 2.81. The van der Waals surface area contributed by atoms with Crippen LogP contribution >= 0.6 is 0 Å². The molecule has 0 bridgehead atoms. The Labute approximate surface area is 214 Å². The first kappa shape index (κ1) is 30.6. The molecule has 1 atom stereocenters. The third kappa shape index (κ3) is 6.44. The molecule has 0 N–H and O–H groups in total. The van der Waals surface area contributed by atoms with Crippen molar-refractivity contribution in [2.24, 2.45) is 5.41 Å². The van der Waals surface area contributed by atoms with E-state index in [4.69, 9.17) is 10.00 Å². The van der Waals surface area contributed by atoms with Gasteiger partial charge in [0.2, 0.25) is 0 Å². The van der Waals surface area contributed by atoms with Crippen LogP contribution in [0.3, 0.4) is 0 Å². The first-order chi connectivity index (χ1) is 17.4. The first-order valence-electron chi connectivity index (χ1n) is 12.3. The van der Waals surface area contributed by atoms with Crippen LogP contribution in [0, 0.1) is 23.7 Å². The summed E-state index contributed by atoms with van der Waals surface area (Å²) in [5.41, 5.74) is -4.19. The molecule has 37 heavy (non-hydrogen) atoms. The van der Waals surface area contributed by atoms with Gasteiger partial charge in [-0.25, -0.2) is 0 Å². The van der Waals surface area contributed by atoms with Crippen molar-refractivity contribution in [3.8, 4) is 6.07 Å². The quantitative estimate of drug-likeness (QED) is 0.345. The van der Waals surface area contributed by atoms with E-state index in [0.717, 1.165) is 12.6 Å². The summed E-state index contributed by atoms with van der Waals surface area (Å²) in [6, 6.07) is 11.6. The lowest BCUT2D eigenvalue weighted by Crippen LogP contribution is -2.69. The number of rotatable bonds is 8. The summed E-state index contributed by atoms with van der Waals surface area (Å²) in [5.74, 6) is 0. The molecule has 1 saturated heterocycles. The van der Waals surface area contributed by atoms with Crippen molar-refractivity contribution in [2.75, 3.05) is 19.7 Å². The molecule has 0 saturated carbocycles. The molecule has 204 valence electrons. The van der Waals surface area contributed by atoms with Crippen LogP contribution in [0.4, 0.5) is 26.3 Å². The van der Waals surface area contributed by atoms with E-state index in [2.05, 4.69) is 4.98 Å². The molecule has 0 amide bonds. The predicted octanol–water partition coefficient (Wildman–Crippen LogP) is 7.01. The Morgan fingerprint density at radius 2 is 1.59 bits per heavy atom. The lowest BCUT2D eigenvalue weighted by atomic mass is 9.66. The lowest BCUT2D eigenvalue weighted by molar-refractivity contribution is -0.414. The van der Waals surface area contributed by atoms with E-state index < -0.39 is 36.5 Å². The van der Waals surface area contributed by atoms with Crippen LogP contribution in [-0.2, 0) is 17.7 Å². The van der Waals surface area contributed by atoms with Crippen LogP contribution < -0.4 is 0 Å². The van der Waals surface area contributed by atoms with Crippen LogP contribution in [0.2, 0.25) is 0 Å². The summed E-state index contributed by atoms with van der Waals surface area (Å²) in [7, 11) is 0. The average Bonchev–Trinajstić information content (AvgIpc) is 3.26. The molecule has 10 heteroatoms. The van der Waals surface area contributed by atoms with Gasteiger partial charge < -0.3 is 4.74 Å². The van der Waals surface area contributed by atoms with Gasteiger partial charge in [-0.3, -0.25) is 9.88 Å². The molecule has 0 aliphatic carbocycles. The number of ether oxygens (including phenoxy) is 1. The van der Waals surface area contributed by atoms with Crippen LogP contribution in [0.25, 0.3) is 0 Å². The van der Waals surface area contributed by atoms with Crippen molar-refractivity contribution in [3.05, 3.63) is 65.0 Å². The predicted molar refractivity (Wildman–Crippen MR) is 129 cm³/mol. The van der Waals surface area contributed by atoms with Crippen molar-refractivity contribution >= 4 is 0 Å². The third-order valence-electron chi connectivity index (χ3n) is 6.69. The molecule has 1 aliphatic heterocycles. The molecule has 1 aromatic heterocycles. The monoisotopic (exact) mass is 529 g/mol. The minimum Gasteiger partial charge on any atom is -0.358 e. The van der Waals surface area contributed by atoms with Crippen LogP contribution in [0.5, 0.6) is 0 Å². The van der Waals surface area contributed by atoms with Crippen molar-refractivity contribution in [1.82, 2.24) is 9.88 Å². The maximum Gasteiger partial charge on any atom is 0.427 e. The second kappa shape index (κ2) is 12.3. The van der Waals surface area contributed by atoms with Gasteiger partial charge in [0, 0.05) is 37.0 Å². The molecule has 0 spiro atoms. The van der Waals surface area contributed by atoms with Crippen molar-refractivity contribution in [2.45, 2.75) is 71.5 Å². The fourth-order valence-electron chi connectivity index (χ4n) is 5.04. The first-order valence-corrected chi connectivity index (χ1v) is 12.3. The Bertz CT molecular complexity index is 1010. The maximum atomic E-state index is 14.5. The standard InChI is InChI=1S/C25H27F6N3O.C2H6/c1-3-35-23(24(26,27)28,25(29,30)31)22(11-10-19-6-8-20(14-32)9-7-19)12-13-34(17-22)16-21-5-4-18(2)33-15-21;1-2/h4-9,15H,3,10-13,16-17H2,1-2H3;1-2H3. The lowest BCUT2D eigenvalue weighted by Gasteiger charge is -2.49. The van der Waals surface area contributed by atoms with Gasteiger partial charge in [-0.2, -0.15) is 31.6 Å². The fourth-order valence-corrected chi connectivity index (χ4v) is 5.04. The highest BCUT2D eigenvalue weighted by Crippen LogP contribution is 2.60. The van der Waals surface area contributed by atoms with E-state index in [0.29, 0.717) is 16.7 Å². The molecule has 4 nitrogen and oxygen atoms in total. The fraction of sp³-hybridized carbons (Fsp3) is 0.556. The van der Waals surface area contributed by atoms with Crippen LogP contribution in [0.1, 0.15) is 56.0 Å². The minimum absolute atomic E-state index is 0.0212. The van der Waals surface area contributed by atoms with E-state index in [1.54, 1.807) is 42.3 Å². The number of aromatic nitrogens is 1. The Hall–Kier alpha value is -2.64. The summed E-state index contributed by atoms with van der Waals surface area (Å²) in [6.07, 6.45) is -10.5. The van der Waals surface area contributed by atoms with Crippen LogP contribution in [-0.4, -0.2) is 47.5 Å². The number of pyridine rings is 1. The number of nitrogens with zero attached hydrogens (tertiary/aromatic N) is 3. The normalized spacial score (nSPS) is 18.7. The summed E-state index contributed by atoms with van der Waals surface area (Å²) in [4.78, 5) is 5.78. The molecule has 0 radical (unpaired) electrons. The van der Waals surface area contributed by atoms with Gasteiger partial charge in [0.25, 0.3) is 5.60 Å². The van der Waals surface area contributed by atoms with E-state index in [1.165, 1.54) is 12.1 Å². The molecular weight excluding hydrogens is 496 g/mol. The zero-order valence-corrected chi connectivity index (χ0v) is 21.5. The number of likely N-dealkylation sites (tertiary alicyclic amines) is 1. The molecule has 1 unspecified atom stereocenters. The van der Waals surface area contributed by atoms with Crippen LogP contribution in [0.15, 0.2) is 42.6 Å². The van der Waals surface area contributed by atoms with Crippen molar-refractivity contribution < 1.29 is 31.1 Å². The molecule has 3 rings (SSSR count). The average molecular weight is 530 g/mol. The van der Waals surface area contributed by atoms with Gasteiger partial charge in [-0.05, 0) is 69.0 Å². The van der Waals surface area contributed by atoms with E-state index in [-0.39, 0.29) is 32.4 Å². The SMILES string of the molecule is CC.CCOC(C(F)(F)F)(C(F)(F)F)C1(CCc2ccc(C#N)cc2)CCN(Cc2ccc(C)nc2)C1. The number of alkyl halides is 6. The Morgan fingerprint density at radius 1 is 1.00 bits per heavy atom. The Balaban J connectivity index is 0.00000235. The molecule has 1 fully saturated rings. The van der Waals surface area contributed by atoms with Gasteiger partial charge >= 0.3 is 12.4 Å². The van der Waals surface area contributed by atoms with E-state index in [1.807, 2.05) is 19.9 Å². The highest BCUT2D eigenvalue weighted by atomic mass is 19.4. The third-order valence-corrected chi connectivity index (χ3v) is 6.69. The molecule has 2 aromatic rings. The second-order valence-corrected chi connectivity index (χ2v) is 8.97. The second-order valence-electron chi connectivity index (χ2n) is 8.97. The summed E-state index contributed by atoms with van der Waals surface area (Å²) in [6.45, 7) is 6.00. The topological polar surface area (TPSA) is 49.1 Å². The summed E-state index contributed by atoms with van der Waals surface area (Å²) < 4.78 is 91.6. The zero-order chi connectivity index (χ0) is 27.9. The van der Waals surface area contributed by atoms with E-state index in [9.17, 15) is 26.3 Å². The molecule has 2 heterocycles. The summed E-state index contributed by atoms with van der Waals surface area (Å²) >= 11 is 0. The zero-order valence-electron chi connectivity index (χ0n) is 21.5. The smallest absolute Gasteiger partial charge is 0.358 e. The number of halogens is 6. The largest absolute Gasteiger partial charge is 0.427 e. The minimum atomic E-state index is -5.67. The molecule has 1 aliphatic rings.